The molecular formula is C23H27ClN2O6. The number of methoxy groups -OCH3 is 1. The van der Waals surface area contributed by atoms with Crippen LogP contribution in [0.25, 0.3) is 0 Å². The van der Waals surface area contributed by atoms with Crippen LogP contribution >= 0.6 is 11.6 Å². The van der Waals surface area contributed by atoms with Crippen LogP contribution in [-0.4, -0.2) is 48.3 Å². The second kappa shape index (κ2) is 8.73. The molecule has 8 nitrogen and oxygen atoms in total. The lowest BCUT2D eigenvalue weighted by Crippen LogP contribution is -2.50. The molecule has 3 fully saturated rings. The maximum absolute atomic E-state index is 13.1. The van der Waals surface area contributed by atoms with E-state index in [4.69, 9.17) is 21.1 Å². The third kappa shape index (κ3) is 3.85. The van der Waals surface area contributed by atoms with E-state index in [0.717, 1.165) is 24.2 Å². The quantitative estimate of drug-likeness (QED) is 0.493. The van der Waals surface area contributed by atoms with Gasteiger partial charge in [0.1, 0.15) is 11.8 Å². The first-order valence-electron chi connectivity index (χ1n) is 10.9. The second-order valence-corrected chi connectivity index (χ2v) is 9.56. The SMILES string of the molecule is COc1ccc(Cl)cc1NC(=O)COC(=O)[C@H](C(C)C)N1C(=O)[C@@H]2[C@H]3CC[C@@H](C3)[C@H]2C1=O. The summed E-state index contributed by atoms with van der Waals surface area (Å²) >= 11 is 5.96. The van der Waals surface area contributed by atoms with Gasteiger partial charge in [0.2, 0.25) is 11.8 Å². The zero-order chi connectivity index (χ0) is 23.2. The van der Waals surface area contributed by atoms with Gasteiger partial charge in [0.15, 0.2) is 6.61 Å². The summed E-state index contributed by atoms with van der Waals surface area (Å²) in [4.78, 5) is 52.6. The van der Waals surface area contributed by atoms with E-state index in [-0.39, 0.29) is 41.4 Å². The fourth-order valence-electron chi connectivity index (χ4n) is 5.57. The standard InChI is InChI=1S/C23H27ClN2O6/c1-11(2)20(26-21(28)18-12-4-5-13(8-12)19(18)22(26)29)23(30)32-10-17(27)25-15-9-14(24)6-7-16(15)31-3/h6-7,9,11-13,18-20H,4-5,8,10H2,1-3H3,(H,25,27)/t12-,13-,18+,19+,20-/m0/s1. The first-order chi connectivity index (χ1) is 15.2. The number of rotatable bonds is 7. The number of imide groups is 1. The van der Waals surface area contributed by atoms with Crippen molar-refractivity contribution in [2.24, 2.45) is 29.6 Å². The third-order valence-corrected chi connectivity index (χ3v) is 7.13. The highest BCUT2D eigenvalue weighted by atomic mass is 35.5. The van der Waals surface area contributed by atoms with Gasteiger partial charge in [-0.25, -0.2) is 4.79 Å². The summed E-state index contributed by atoms with van der Waals surface area (Å²) in [6.45, 7) is 2.95. The van der Waals surface area contributed by atoms with Gasteiger partial charge in [0.05, 0.1) is 24.6 Å². The molecule has 3 aliphatic rings. The van der Waals surface area contributed by atoms with Crippen molar-refractivity contribution >= 4 is 41.0 Å². The minimum Gasteiger partial charge on any atom is -0.495 e. The number of amides is 3. The highest BCUT2D eigenvalue weighted by Gasteiger charge is 2.62. The number of ether oxygens (including phenoxy) is 2. The van der Waals surface area contributed by atoms with Gasteiger partial charge in [-0.15, -0.1) is 0 Å². The van der Waals surface area contributed by atoms with Crippen LogP contribution in [0.3, 0.4) is 0 Å². The molecule has 2 bridgehead atoms. The summed E-state index contributed by atoms with van der Waals surface area (Å²) in [6, 6.07) is 3.70. The van der Waals surface area contributed by atoms with E-state index in [2.05, 4.69) is 5.32 Å². The molecule has 2 aliphatic carbocycles. The Balaban J connectivity index is 1.42. The summed E-state index contributed by atoms with van der Waals surface area (Å²) in [6.07, 6.45) is 2.84. The van der Waals surface area contributed by atoms with Crippen molar-refractivity contribution in [2.45, 2.75) is 39.2 Å². The minimum atomic E-state index is -1.05. The fraction of sp³-hybridized carbons (Fsp3) is 0.565. The van der Waals surface area contributed by atoms with Crippen LogP contribution in [0, 0.1) is 29.6 Å². The van der Waals surface area contributed by atoms with E-state index < -0.39 is 24.5 Å². The predicted octanol–water partition coefficient (Wildman–Crippen LogP) is 2.89. The number of anilines is 1. The Hall–Kier alpha value is -2.61. The lowest BCUT2D eigenvalue weighted by molar-refractivity contribution is -0.162. The highest BCUT2D eigenvalue weighted by Crippen LogP contribution is 2.56. The van der Waals surface area contributed by atoms with Gasteiger partial charge in [0, 0.05) is 5.02 Å². The molecule has 9 heteroatoms. The lowest BCUT2D eigenvalue weighted by atomic mass is 9.81. The van der Waals surface area contributed by atoms with Gasteiger partial charge in [-0.1, -0.05) is 25.4 Å². The van der Waals surface area contributed by atoms with Gasteiger partial charge >= 0.3 is 5.97 Å². The number of nitrogens with zero attached hydrogens (tertiary/aromatic N) is 1. The summed E-state index contributed by atoms with van der Waals surface area (Å²) in [5.74, 6) is -1.98. The zero-order valence-electron chi connectivity index (χ0n) is 18.3. The molecule has 1 saturated heterocycles. The summed E-state index contributed by atoms with van der Waals surface area (Å²) in [7, 11) is 1.46. The van der Waals surface area contributed by atoms with Crippen molar-refractivity contribution in [3.8, 4) is 5.75 Å². The van der Waals surface area contributed by atoms with Gasteiger partial charge < -0.3 is 14.8 Å². The van der Waals surface area contributed by atoms with Crippen LogP contribution in [-0.2, 0) is 23.9 Å². The number of benzene rings is 1. The van der Waals surface area contributed by atoms with E-state index in [9.17, 15) is 19.2 Å². The van der Waals surface area contributed by atoms with Crippen LogP contribution < -0.4 is 10.1 Å². The van der Waals surface area contributed by atoms with Gasteiger partial charge in [-0.3, -0.25) is 19.3 Å². The van der Waals surface area contributed by atoms with Crippen LogP contribution in [0.1, 0.15) is 33.1 Å². The molecule has 1 aliphatic heterocycles. The Morgan fingerprint density at radius 3 is 2.34 bits per heavy atom. The molecule has 0 radical (unpaired) electrons. The van der Waals surface area contributed by atoms with Crippen molar-refractivity contribution in [3.63, 3.8) is 0 Å². The molecule has 5 atom stereocenters. The number of likely N-dealkylation sites (tertiary alicyclic amines) is 1. The molecule has 1 heterocycles. The number of carbonyl (C=O) groups is 4. The second-order valence-electron chi connectivity index (χ2n) is 9.12. The molecular weight excluding hydrogens is 436 g/mol. The average Bonchev–Trinajstić information content (AvgIpc) is 3.42. The number of carbonyl (C=O) groups excluding carboxylic acids is 4. The number of nitrogens with one attached hydrogen (secondary N) is 1. The average molecular weight is 463 g/mol. The molecule has 4 rings (SSSR count). The molecule has 172 valence electrons. The van der Waals surface area contributed by atoms with E-state index in [1.54, 1.807) is 26.0 Å². The molecule has 1 aromatic rings. The molecule has 0 unspecified atom stereocenters. The Labute approximate surface area is 191 Å². The molecule has 1 N–H and O–H groups in total. The number of hydrogen-bond donors (Lipinski definition) is 1. The third-order valence-electron chi connectivity index (χ3n) is 6.89. The maximum Gasteiger partial charge on any atom is 0.330 e. The monoisotopic (exact) mass is 462 g/mol. The molecule has 0 spiro atoms. The Morgan fingerprint density at radius 1 is 1.16 bits per heavy atom. The first kappa shape index (κ1) is 22.6. The maximum atomic E-state index is 13.1. The van der Waals surface area contributed by atoms with Crippen LogP contribution in [0.4, 0.5) is 5.69 Å². The summed E-state index contributed by atoms with van der Waals surface area (Å²) in [5, 5.41) is 3.00. The number of hydrogen-bond acceptors (Lipinski definition) is 6. The van der Waals surface area contributed by atoms with Crippen molar-refractivity contribution in [1.29, 1.82) is 0 Å². The number of halogens is 1. The van der Waals surface area contributed by atoms with Crippen molar-refractivity contribution in [3.05, 3.63) is 23.2 Å². The van der Waals surface area contributed by atoms with Gasteiger partial charge in [-0.05, 0) is 55.2 Å². The number of fused-ring (bicyclic) bond motifs is 5. The largest absolute Gasteiger partial charge is 0.495 e. The van der Waals surface area contributed by atoms with E-state index in [1.807, 2.05) is 0 Å². The Kier molecular flexibility index (Phi) is 6.16. The predicted molar refractivity (Wildman–Crippen MR) is 116 cm³/mol. The van der Waals surface area contributed by atoms with E-state index in [1.165, 1.54) is 13.2 Å². The van der Waals surface area contributed by atoms with Crippen molar-refractivity contribution in [1.82, 2.24) is 4.90 Å². The molecule has 32 heavy (non-hydrogen) atoms. The lowest BCUT2D eigenvalue weighted by Gasteiger charge is -2.28. The number of esters is 1. The Bertz CT molecular complexity index is 936. The molecule has 1 aromatic carbocycles. The van der Waals surface area contributed by atoms with Crippen LogP contribution in [0.15, 0.2) is 18.2 Å². The van der Waals surface area contributed by atoms with Crippen molar-refractivity contribution < 1.29 is 28.7 Å². The summed E-state index contributed by atoms with van der Waals surface area (Å²) < 4.78 is 10.4. The topological polar surface area (TPSA) is 102 Å². The fourth-order valence-corrected chi connectivity index (χ4v) is 5.74. The molecule has 3 amide bonds. The van der Waals surface area contributed by atoms with Gasteiger partial charge in [0.25, 0.3) is 5.91 Å². The van der Waals surface area contributed by atoms with E-state index >= 15 is 0 Å². The van der Waals surface area contributed by atoms with Crippen LogP contribution in [0.5, 0.6) is 5.75 Å². The smallest absolute Gasteiger partial charge is 0.330 e. The molecule has 0 aromatic heterocycles. The Morgan fingerprint density at radius 2 is 1.78 bits per heavy atom. The normalized spacial score (nSPS) is 27.0. The van der Waals surface area contributed by atoms with Crippen molar-refractivity contribution in [2.75, 3.05) is 19.0 Å². The molecule has 2 saturated carbocycles. The highest BCUT2D eigenvalue weighted by molar-refractivity contribution is 6.31. The first-order valence-corrected chi connectivity index (χ1v) is 11.3. The summed E-state index contributed by atoms with van der Waals surface area (Å²) in [5.41, 5.74) is 0.342. The van der Waals surface area contributed by atoms with Gasteiger partial charge in [-0.2, -0.15) is 0 Å². The van der Waals surface area contributed by atoms with E-state index in [0.29, 0.717) is 16.5 Å². The van der Waals surface area contributed by atoms with Crippen LogP contribution in [0.2, 0.25) is 5.02 Å². The zero-order valence-corrected chi connectivity index (χ0v) is 19.1. The minimum absolute atomic E-state index is 0.230.